The molecule has 0 amide bonds. The van der Waals surface area contributed by atoms with Gasteiger partial charge in [-0.25, -0.2) is 9.37 Å². The van der Waals surface area contributed by atoms with Crippen LogP contribution < -0.4 is 11.1 Å². The third-order valence-electron chi connectivity index (χ3n) is 3.89. The molecule has 3 aromatic rings. The predicted molar refractivity (Wildman–Crippen MR) is 103 cm³/mol. The third kappa shape index (κ3) is 3.26. The molecule has 0 saturated carbocycles. The molecule has 0 spiro atoms. The van der Waals surface area contributed by atoms with E-state index in [2.05, 4.69) is 10.3 Å². The summed E-state index contributed by atoms with van der Waals surface area (Å²) in [6.07, 6.45) is 0. The van der Waals surface area contributed by atoms with E-state index in [1.54, 1.807) is 24.3 Å². The third-order valence-corrected chi connectivity index (χ3v) is 6.86. The first-order chi connectivity index (χ1) is 11.3. The van der Waals surface area contributed by atoms with Gasteiger partial charge in [-0.1, -0.05) is 29.3 Å². The number of nitrogens with zero attached hydrogens (tertiary/aromatic N) is 1. The van der Waals surface area contributed by atoms with Gasteiger partial charge >= 0.3 is 0 Å². The maximum atomic E-state index is 15.0. The number of nitrogens with two attached hydrogens (primary N) is 1. The molecule has 3 nitrogen and oxygen atoms in total. The number of alkyl halides is 1. The van der Waals surface area contributed by atoms with Gasteiger partial charge in [-0.15, -0.1) is 22.7 Å². The van der Waals surface area contributed by atoms with Gasteiger partial charge in [0.15, 0.2) is 5.67 Å². The van der Waals surface area contributed by atoms with Crippen molar-refractivity contribution < 1.29 is 4.39 Å². The van der Waals surface area contributed by atoms with E-state index in [4.69, 9.17) is 28.9 Å². The molecule has 0 bridgehead atoms. The Balaban J connectivity index is 2.07. The molecule has 3 heterocycles. The summed E-state index contributed by atoms with van der Waals surface area (Å²) >= 11 is 15.4. The van der Waals surface area contributed by atoms with E-state index in [0.29, 0.717) is 22.1 Å². The second-order valence-corrected chi connectivity index (χ2v) is 8.53. The summed E-state index contributed by atoms with van der Waals surface area (Å²) in [5.41, 5.74) is 5.35. The highest BCUT2D eigenvalue weighted by atomic mass is 35.5. The maximum Gasteiger partial charge on any atom is 0.158 e. The lowest BCUT2D eigenvalue weighted by Crippen LogP contribution is -2.36. The molecule has 128 valence electrons. The Bertz CT molecular complexity index is 860. The lowest BCUT2D eigenvalue weighted by atomic mass is 9.99. The van der Waals surface area contributed by atoms with E-state index in [1.165, 1.54) is 23.1 Å². The molecule has 0 aliphatic carbocycles. The lowest BCUT2D eigenvalue weighted by molar-refractivity contribution is 0.163. The van der Waals surface area contributed by atoms with Crippen molar-refractivity contribution in [3.8, 4) is 0 Å². The van der Waals surface area contributed by atoms with Crippen LogP contribution in [0.15, 0.2) is 23.6 Å². The SMILES string of the molecule is C[C@H](N)C(C)(F)c1sc2c(NCc3cccs3)cc(Cl)nc2c1Cl. The Morgan fingerprint density at radius 2 is 2.21 bits per heavy atom. The standard InChI is InChI=1S/C16H16Cl2FN3S2/c1-8(20)16(2,19)15-12(18)13-14(24-15)10(6-11(17)22-13)21-7-9-4-3-5-23-9/h3-6,8H,7,20H2,1-2H3,(H,21,22)/t8-,16?/m0/s1. The van der Waals surface area contributed by atoms with Crippen molar-refractivity contribution in [1.82, 2.24) is 4.98 Å². The van der Waals surface area contributed by atoms with Gasteiger partial charge < -0.3 is 11.1 Å². The number of thiophene rings is 2. The zero-order valence-electron chi connectivity index (χ0n) is 13.1. The van der Waals surface area contributed by atoms with Gasteiger partial charge in [0.2, 0.25) is 0 Å². The van der Waals surface area contributed by atoms with Crippen LogP contribution in [0.5, 0.6) is 0 Å². The molecule has 0 saturated heterocycles. The molecule has 3 aromatic heterocycles. The Labute approximate surface area is 157 Å². The number of hydrogen-bond donors (Lipinski definition) is 2. The average Bonchev–Trinajstić information content (AvgIpc) is 3.14. The molecule has 0 fully saturated rings. The topological polar surface area (TPSA) is 50.9 Å². The van der Waals surface area contributed by atoms with Crippen molar-refractivity contribution >= 4 is 61.8 Å². The molecule has 24 heavy (non-hydrogen) atoms. The first-order valence-corrected chi connectivity index (χ1v) is 9.75. The molecule has 3 N–H and O–H groups in total. The van der Waals surface area contributed by atoms with Gasteiger partial charge in [0.05, 0.1) is 20.3 Å². The minimum absolute atomic E-state index is 0.277. The van der Waals surface area contributed by atoms with Crippen LogP contribution in [-0.2, 0) is 12.2 Å². The van der Waals surface area contributed by atoms with Crippen LogP contribution in [0.25, 0.3) is 10.2 Å². The quantitative estimate of drug-likeness (QED) is 0.528. The molecule has 0 aromatic carbocycles. The number of halogens is 3. The Kier molecular flexibility index (Phi) is 5.04. The number of aromatic nitrogens is 1. The van der Waals surface area contributed by atoms with Crippen LogP contribution in [0.1, 0.15) is 23.6 Å². The minimum atomic E-state index is -1.74. The van der Waals surface area contributed by atoms with Crippen LogP contribution >= 0.6 is 45.9 Å². The summed E-state index contributed by atoms with van der Waals surface area (Å²) in [6, 6.07) is 5.07. The molecule has 2 atom stereocenters. The van der Waals surface area contributed by atoms with Gasteiger partial charge in [-0.05, 0) is 25.3 Å². The molecule has 0 aliphatic heterocycles. The fourth-order valence-electron chi connectivity index (χ4n) is 2.26. The van der Waals surface area contributed by atoms with Crippen molar-refractivity contribution in [2.24, 2.45) is 5.73 Å². The lowest BCUT2D eigenvalue weighted by Gasteiger charge is -2.23. The summed E-state index contributed by atoms with van der Waals surface area (Å²) in [7, 11) is 0. The van der Waals surface area contributed by atoms with Crippen molar-refractivity contribution in [2.45, 2.75) is 32.1 Å². The highest BCUT2D eigenvalue weighted by molar-refractivity contribution is 7.20. The smallest absolute Gasteiger partial charge is 0.158 e. The molecule has 8 heteroatoms. The molecule has 1 unspecified atom stereocenters. The average molecular weight is 404 g/mol. The number of anilines is 1. The van der Waals surface area contributed by atoms with Crippen molar-refractivity contribution in [3.05, 3.63) is 43.5 Å². The molecule has 0 aliphatic rings. The number of rotatable bonds is 5. The van der Waals surface area contributed by atoms with E-state index >= 15 is 4.39 Å². The van der Waals surface area contributed by atoms with Gasteiger partial charge in [0.25, 0.3) is 0 Å². The zero-order chi connectivity index (χ0) is 17.5. The Morgan fingerprint density at radius 1 is 1.46 bits per heavy atom. The fraction of sp³-hybridized carbons (Fsp3) is 0.312. The van der Waals surface area contributed by atoms with Crippen molar-refractivity contribution in [2.75, 3.05) is 5.32 Å². The molecule has 0 radical (unpaired) electrons. The molecular weight excluding hydrogens is 388 g/mol. The summed E-state index contributed by atoms with van der Waals surface area (Å²) in [5, 5.41) is 5.94. The predicted octanol–water partition coefficient (Wildman–Crippen LogP) is 5.81. The van der Waals surface area contributed by atoms with E-state index < -0.39 is 11.7 Å². The second kappa shape index (κ2) is 6.77. The second-order valence-electron chi connectivity index (χ2n) is 5.71. The maximum absolute atomic E-state index is 15.0. The van der Waals surface area contributed by atoms with Crippen LogP contribution in [0, 0.1) is 0 Å². The number of hydrogen-bond acceptors (Lipinski definition) is 5. The fourth-order valence-corrected chi connectivity index (χ4v) is 4.85. The largest absolute Gasteiger partial charge is 0.379 e. The Morgan fingerprint density at radius 3 is 2.83 bits per heavy atom. The summed E-state index contributed by atoms with van der Waals surface area (Å²) < 4.78 is 15.8. The first kappa shape index (κ1) is 17.9. The molecule has 3 rings (SSSR count). The first-order valence-electron chi connectivity index (χ1n) is 7.30. The minimum Gasteiger partial charge on any atom is -0.379 e. The number of pyridine rings is 1. The van der Waals surface area contributed by atoms with Crippen LogP contribution in [0.3, 0.4) is 0 Å². The highest BCUT2D eigenvalue weighted by Crippen LogP contribution is 2.46. The number of nitrogens with one attached hydrogen (secondary N) is 1. The van der Waals surface area contributed by atoms with Crippen molar-refractivity contribution in [1.29, 1.82) is 0 Å². The highest BCUT2D eigenvalue weighted by Gasteiger charge is 2.36. The molecular formula is C16H16Cl2FN3S2. The van der Waals surface area contributed by atoms with E-state index in [9.17, 15) is 0 Å². The monoisotopic (exact) mass is 403 g/mol. The van der Waals surface area contributed by atoms with E-state index in [0.717, 1.165) is 10.4 Å². The van der Waals surface area contributed by atoms with Gasteiger partial charge in [-0.3, -0.25) is 0 Å². The zero-order valence-corrected chi connectivity index (χ0v) is 16.2. The van der Waals surface area contributed by atoms with E-state index in [1.807, 2.05) is 17.5 Å². The normalized spacial score (nSPS) is 15.4. The van der Waals surface area contributed by atoms with E-state index in [-0.39, 0.29) is 5.02 Å². The summed E-state index contributed by atoms with van der Waals surface area (Å²) in [5.74, 6) is 0. The van der Waals surface area contributed by atoms with Crippen LogP contribution in [0.2, 0.25) is 10.2 Å². The van der Waals surface area contributed by atoms with Crippen molar-refractivity contribution in [3.63, 3.8) is 0 Å². The summed E-state index contributed by atoms with van der Waals surface area (Å²) in [4.78, 5) is 5.84. The van der Waals surface area contributed by atoms with Crippen LogP contribution in [0.4, 0.5) is 10.1 Å². The summed E-state index contributed by atoms with van der Waals surface area (Å²) in [6.45, 7) is 3.71. The Hall–Kier alpha value is -0.920. The number of fused-ring (bicyclic) bond motifs is 1. The van der Waals surface area contributed by atoms with Gasteiger partial charge in [-0.2, -0.15) is 0 Å². The van der Waals surface area contributed by atoms with Gasteiger partial charge in [0.1, 0.15) is 10.7 Å². The van der Waals surface area contributed by atoms with Gasteiger partial charge in [0, 0.05) is 23.5 Å². The van der Waals surface area contributed by atoms with Crippen LogP contribution in [-0.4, -0.2) is 11.0 Å².